The summed E-state index contributed by atoms with van der Waals surface area (Å²) in [6, 6.07) is 12.9. The van der Waals surface area contributed by atoms with Gasteiger partial charge < -0.3 is 5.11 Å². The fourth-order valence-electron chi connectivity index (χ4n) is 4.23. The van der Waals surface area contributed by atoms with E-state index >= 15 is 0 Å². The maximum atomic E-state index is 14.1. The molecule has 200 valence electrons. The van der Waals surface area contributed by atoms with Gasteiger partial charge in [-0.25, -0.2) is 8.42 Å². The molecular weight excluding hydrogens is 499 g/mol. The largest absolute Gasteiger partial charge is 0.507 e. The number of phenols is 1. The van der Waals surface area contributed by atoms with E-state index in [1.165, 1.54) is 30.3 Å². The molecule has 0 saturated carbocycles. The molecule has 3 rings (SSSR count). The van der Waals surface area contributed by atoms with Gasteiger partial charge in [-0.2, -0.15) is 17.9 Å². The molecule has 0 aliphatic heterocycles. The van der Waals surface area contributed by atoms with Crippen LogP contribution in [-0.4, -0.2) is 13.5 Å². The van der Waals surface area contributed by atoms with Crippen molar-refractivity contribution in [2.45, 2.75) is 76.4 Å². The van der Waals surface area contributed by atoms with Crippen molar-refractivity contribution in [2.24, 2.45) is 0 Å². The maximum absolute atomic E-state index is 14.1. The number of hydrogen-bond acceptors (Lipinski definition) is 3. The van der Waals surface area contributed by atoms with Crippen molar-refractivity contribution in [3.05, 3.63) is 94.0 Å². The van der Waals surface area contributed by atoms with Crippen molar-refractivity contribution in [1.29, 1.82) is 0 Å². The molecule has 3 aromatic carbocycles. The van der Waals surface area contributed by atoms with Crippen LogP contribution in [0.2, 0.25) is 0 Å². The second-order valence-corrected chi connectivity index (χ2v) is 13.1. The quantitative estimate of drug-likeness (QED) is 0.360. The standard InChI is InChI=1S/C29H34F3NO3S/c1-18-12-14-20(15-13-18)37(35,36)33-25(21-10-8-9-11-22(21)29(30,31)32)19-16-23(27(2,3)4)26(34)24(17-19)28(5,6)7/h8-17,25,33-34H,1-7H3. The van der Waals surface area contributed by atoms with Crippen molar-refractivity contribution in [3.8, 4) is 5.75 Å². The Labute approximate surface area is 217 Å². The summed E-state index contributed by atoms with van der Waals surface area (Å²) in [5, 5.41) is 11.1. The summed E-state index contributed by atoms with van der Waals surface area (Å²) in [6.07, 6.45) is -4.71. The maximum Gasteiger partial charge on any atom is 0.416 e. The summed E-state index contributed by atoms with van der Waals surface area (Å²) in [5.74, 6) is 0.0491. The Hall–Kier alpha value is -2.84. The fraction of sp³-hybridized carbons (Fsp3) is 0.379. The van der Waals surface area contributed by atoms with Crippen molar-refractivity contribution >= 4 is 10.0 Å². The van der Waals surface area contributed by atoms with Crippen LogP contribution in [0.5, 0.6) is 5.75 Å². The molecule has 0 heterocycles. The molecule has 0 amide bonds. The normalized spacial score (nSPS) is 14.0. The minimum atomic E-state index is -4.71. The lowest BCUT2D eigenvalue weighted by molar-refractivity contribution is -0.138. The highest BCUT2D eigenvalue weighted by atomic mass is 32.2. The predicted molar refractivity (Wildman–Crippen MR) is 140 cm³/mol. The number of alkyl halides is 3. The first kappa shape index (κ1) is 28.7. The topological polar surface area (TPSA) is 66.4 Å². The molecule has 0 aliphatic rings. The number of phenolic OH excluding ortho intramolecular Hbond substituents is 1. The molecule has 0 aromatic heterocycles. The van der Waals surface area contributed by atoms with Gasteiger partial charge in [0.2, 0.25) is 10.0 Å². The van der Waals surface area contributed by atoms with Crippen molar-refractivity contribution in [1.82, 2.24) is 4.72 Å². The van der Waals surface area contributed by atoms with Crippen LogP contribution in [0.4, 0.5) is 13.2 Å². The Morgan fingerprint density at radius 3 is 1.73 bits per heavy atom. The fourth-order valence-corrected chi connectivity index (χ4v) is 5.43. The molecule has 0 radical (unpaired) electrons. The molecule has 4 nitrogen and oxygen atoms in total. The average Bonchev–Trinajstić information content (AvgIpc) is 2.76. The Bertz CT molecular complexity index is 1350. The average molecular weight is 534 g/mol. The van der Waals surface area contributed by atoms with E-state index < -0.39 is 38.6 Å². The van der Waals surface area contributed by atoms with Crippen molar-refractivity contribution in [3.63, 3.8) is 0 Å². The van der Waals surface area contributed by atoms with E-state index in [9.17, 15) is 26.7 Å². The van der Waals surface area contributed by atoms with Gasteiger partial charge in [0.25, 0.3) is 0 Å². The van der Waals surface area contributed by atoms with E-state index in [1.54, 1.807) is 24.3 Å². The van der Waals surface area contributed by atoms with Crippen molar-refractivity contribution < 1.29 is 26.7 Å². The highest BCUT2D eigenvalue weighted by molar-refractivity contribution is 7.89. The lowest BCUT2D eigenvalue weighted by Crippen LogP contribution is -2.32. The minimum absolute atomic E-state index is 0.0491. The first-order chi connectivity index (χ1) is 16.8. The van der Waals surface area contributed by atoms with Crippen LogP contribution in [0.15, 0.2) is 65.6 Å². The number of benzene rings is 3. The molecule has 1 unspecified atom stereocenters. The van der Waals surface area contributed by atoms with Gasteiger partial charge in [0, 0.05) is 0 Å². The number of hydrogen-bond donors (Lipinski definition) is 2. The molecule has 0 aliphatic carbocycles. The summed E-state index contributed by atoms with van der Waals surface area (Å²) in [6.45, 7) is 13.1. The lowest BCUT2D eigenvalue weighted by atomic mass is 9.77. The highest BCUT2D eigenvalue weighted by Gasteiger charge is 2.38. The van der Waals surface area contributed by atoms with E-state index in [0.717, 1.165) is 11.6 Å². The second-order valence-electron chi connectivity index (χ2n) is 11.4. The van der Waals surface area contributed by atoms with E-state index in [-0.39, 0.29) is 16.2 Å². The highest BCUT2D eigenvalue weighted by Crippen LogP contribution is 2.43. The third kappa shape index (κ3) is 6.36. The van der Waals surface area contributed by atoms with Crippen LogP contribution in [-0.2, 0) is 27.0 Å². The number of sulfonamides is 1. The number of rotatable bonds is 5. The Morgan fingerprint density at radius 2 is 1.27 bits per heavy atom. The zero-order valence-electron chi connectivity index (χ0n) is 22.2. The predicted octanol–water partition coefficient (Wildman–Crippen LogP) is 7.38. The van der Waals surface area contributed by atoms with E-state index in [2.05, 4.69) is 4.72 Å². The van der Waals surface area contributed by atoms with Crippen LogP contribution >= 0.6 is 0 Å². The zero-order chi connectivity index (χ0) is 28.0. The van der Waals surface area contributed by atoms with E-state index in [4.69, 9.17) is 0 Å². The number of halogens is 3. The third-order valence-corrected chi connectivity index (χ3v) is 7.70. The molecule has 0 saturated heterocycles. The van der Waals surface area contributed by atoms with Gasteiger partial charge in [-0.3, -0.25) is 0 Å². The lowest BCUT2D eigenvalue weighted by Gasteiger charge is -2.31. The first-order valence-electron chi connectivity index (χ1n) is 12.0. The minimum Gasteiger partial charge on any atom is -0.507 e. The van der Waals surface area contributed by atoms with Crippen LogP contribution in [0, 0.1) is 6.92 Å². The number of aromatic hydroxyl groups is 1. The van der Waals surface area contributed by atoms with E-state index in [0.29, 0.717) is 16.7 Å². The van der Waals surface area contributed by atoms with Crippen LogP contribution in [0.1, 0.15) is 81.0 Å². The molecule has 37 heavy (non-hydrogen) atoms. The zero-order valence-corrected chi connectivity index (χ0v) is 23.0. The van der Waals surface area contributed by atoms with Gasteiger partial charge in [-0.05, 0) is 70.3 Å². The molecule has 2 N–H and O–H groups in total. The van der Waals surface area contributed by atoms with Crippen LogP contribution < -0.4 is 4.72 Å². The third-order valence-electron chi connectivity index (χ3n) is 6.26. The molecule has 8 heteroatoms. The van der Waals surface area contributed by atoms with Crippen molar-refractivity contribution in [2.75, 3.05) is 0 Å². The molecule has 0 fully saturated rings. The molecule has 3 aromatic rings. The van der Waals surface area contributed by atoms with Gasteiger partial charge in [0.15, 0.2) is 0 Å². The Morgan fingerprint density at radius 1 is 0.784 bits per heavy atom. The van der Waals surface area contributed by atoms with Gasteiger partial charge >= 0.3 is 6.18 Å². The van der Waals surface area contributed by atoms with Crippen LogP contribution in [0.25, 0.3) is 0 Å². The first-order valence-corrected chi connectivity index (χ1v) is 13.4. The molecule has 0 bridgehead atoms. The molecular formula is C29H34F3NO3S. The van der Waals surface area contributed by atoms with Gasteiger partial charge in [0.1, 0.15) is 5.75 Å². The number of aryl methyl sites for hydroxylation is 1. The summed E-state index contributed by atoms with van der Waals surface area (Å²) in [4.78, 5) is -0.0570. The van der Waals surface area contributed by atoms with Gasteiger partial charge in [-0.1, -0.05) is 77.4 Å². The molecule has 0 spiro atoms. The van der Waals surface area contributed by atoms with Crippen LogP contribution in [0.3, 0.4) is 0 Å². The molecule has 1 atom stereocenters. The summed E-state index contributed by atoms with van der Waals surface area (Å²) in [5.41, 5.74) is -0.113. The smallest absolute Gasteiger partial charge is 0.416 e. The number of nitrogens with one attached hydrogen (secondary N) is 1. The SMILES string of the molecule is Cc1ccc(S(=O)(=O)NC(c2cc(C(C)(C)C)c(O)c(C(C)(C)C)c2)c2ccccc2C(F)(F)F)cc1. The second kappa shape index (κ2) is 9.80. The summed E-state index contributed by atoms with van der Waals surface area (Å²) in [7, 11) is -4.22. The Balaban J connectivity index is 2.36. The Kier molecular flexibility index (Phi) is 7.61. The summed E-state index contributed by atoms with van der Waals surface area (Å²) < 4.78 is 71.8. The van der Waals surface area contributed by atoms with E-state index in [1.807, 2.05) is 48.5 Å². The van der Waals surface area contributed by atoms with Gasteiger partial charge in [0.05, 0.1) is 16.5 Å². The summed E-state index contributed by atoms with van der Waals surface area (Å²) >= 11 is 0. The van der Waals surface area contributed by atoms with Gasteiger partial charge in [-0.15, -0.1) is 0 Å². The monoisotopic (exact) mass is 533 g/mol.